The molecule has 0 amide bonds. The van der Waals surface area contributed by atoms with Gasteiger partial charge in [-0.25, -0.2) is 9.37 Å². The molecule has 0 saturated heterocycles. The minimum absolute atomic E-state index is 0.214. The van der Waals surface area contributed by atoms with Crippen LogP contribution in [0.15, 0.2) is 48.9 Å². The van der Waals surface area contributed by atoms with E-state index in [1.54, 1.807) is 22.9 Å². The van der Waals surface area contributed by atoms with Gasteiger partial charge in [0.05, 0.1) is 7.11 Å². The van der Waals surface area contributed by atoms with E-state index < -0.39 is 5.95 Å². The van der Waals surface area contributed by atoms with Crippen molar-refractivity contribution in [3.05, 3.63) is 71.8 Å². The summed E-state index contributed by atoms with van der Waals surface area (Å²) in [5.74, 6) is 0.215. The van der Waals surface area contributed by atoms with E-state index in [0.717, 1.165) is 11.1 Å². The van der Waals surface area contributed by atoms with Gasteiger partial charge in [0, 0.05) is 29.9 Å². The SMILES string of the molecule is COc1cccc(F)c1CNc1ccc(-c2cc(F)ncc2C)c2nncn12. The summed E-state index contributed by atoms with van der Waals surface area (Å²) in [7, 11) is 1.50. The first-order valence-electron chi connectivity index (χ1n) is 8.59. The maximum absolute atomic E-state index is 14.2. The Morgan fingerprint density at radius 2 is 2.00 bits per heavy atom. The Hall–Kier alpha value is -3.55. The maximum atomic E-state index is 14.2. The van der Waals surface area contributed by atoms with Crippen molar-refractivity contribution in [3.8, 4) is 16.9 Å². The molecule has 6 nitrogen and oxygen atoms in total. The number of rotatable bonds is 5. The normalized spacial score (nSPS) is 11.0. The second kappa shape index (κ2) is 7.22. The number of hydrogen-bond donors (Lipinski definition) is 1. The van der Waals surface area contributed by atoms with Gasteiger partial charge in [-0.1, -0.05) is 6.07 Å². The number of aromatic nitrogens is 4. The summed E-state index contributed by atoms with van der Waals surface area (Å²) < 4.78 is 34.8. The highest BCUT2D eigenvalue weighted by Crippen LogP contribution is 2.29. The molecule has 4 rings (SSSR count). The molecule has 0 unspecified atom stereocenters. The first kappa shape index (κ1) is 17.8. The fraction of sp³-hybridized carbons (Fsp3) is 0.150. The highest BCUT2D eigenvalue weighted by atomic mass is 19.1. The molecule has 0 fully saturated rings. The third kappa shape index (κ3) is 3.13. The predicted molar refractivity (Wildman–Crippen MR) is 101 cm³/mol. The van der Waals surface area contributed by atoms with Crippen LogP contribution in [0.4, 0.5) is 14.6 Å². The molecule has 0 atom stereocenters. The fourth-order valence-corrected chi connectivity index (χ4v) is 3.14. The number of nitrogens with one attached hydrogen (secondary N) is 1. The Bertz CT molecular complexity index is 1160. The molecule has 0 aliphatic rings. The number of aryl methyl sites for hydroxylation is 1. The van der Waals surface area contributed by atoms with E-state index in [4.69, 9.17) is 4.74 Å². The third-order valence-electron chi connectivity index (χ3n) is 4.56. The molecule has 3 aromatic heterocycles. The van der Waals surface area contributed by atoms with Gasteiger partial charge in [-0.15, -0.1) is 10.2 Å². The van der Waals surface area contributed by atoms with Crippen LogP contribution in [-0.2, 0) is 6.54 Å². The molecule has 0 bridgehead atoms. The van der Waals surface area contributed by atoms with E-state index >= 15 is 0 Å². The summed E-state index contributed by atoms with van der Waals surface area (Å²) in [5.41, 5.74) is 3.21. The van der Waals surface area contributed by atoms with Gasteiger partial charge in [-0.2, -0.15) is 4.39 Å². The van der Waals surface area contributed by atoms with Crippen LogP contribution in [-0.4, -0.2) is 26.7 Å². The van der Waals surface area contributed by atoms with Crippen LogP contribution < -0.4 is 10.1 Å². The van der Waals surface area contributed by atoms with Gasteiger partial charge in [-0.3, -0.25) is 4.40 Å². The molecule has 1 aromatic carbocycles. The molecule has 0 spiro atoms. The summed E-state index contributed by atoms with van der Waals surface area (Å²) >= 11 is 0. The van der Waals surface area contributed by atoms with Crippen molar-refractivity contribution < 1.29 is 13.5 Å². The van der Waals surface area contributed by atoms with Crippen molar-refractivity contribution in [2.24, 2.45) is 0 Å². The summed E-state index contributed by atoms with van der Waals surface area (Å²) in [6.45, 7) is 2.07. The minimum atomic E-state index is -0.563. The number of benzene rings is 1. The zero-order valence-electron chi connectivity index (χ0n) is 15.3. The number of pyridine rings is 2. The highest BCUT2D eigenvalue weighted by Gasteiger charge is 2.14. The van der Waals surface area contributed by atoms with Gasteiger partial charge < -0.3 is 10.1 Å². The lowest BCUT2D eigenvalue weighted by Crippen LogP contribution is -2.07. The summed E-state index contributed by atoms with van der Waals surface area (Å²) in [4.78, 5) is 3.67. The first-order valence-corrected chi connectivity index (χ1v) is 8.59. The van der Waals surface area contributed by atoms with Crippen LogP contribution in [0.3, 0.4) is 0 Å². The molecule has 1 N–H and O–H groups in total. The molecule has 3 heterocycles. The molecule has 0 saturated carbocycles. The molecule has 4 aromatic rings. The van der Waals surface area contributed by atoms with Crippen molar-refractivity contribution >= 4 is 11.5 Å². The largest absolute Gasteiger partial charge is 0.496 e. The Morgan fingerprint density at radius 1 is 1.14 bits per heavy atom. The van der Waals surface area contributed by atoms with Crippen LogP contribution in [0.5, 0.6) is 5.75 Å². The number of ether oxygens (including phenoxy) is 1. The topological polar surface area (TPSA) is 64.3 Å². The van der Waals surface area contributed by atoms with E-state index in [1.165, 1.54) is 25.4 Å². The molecule has 0 aliphatic carbocycles. The van der Waals surface area contributed by atoms with Crippen LogP contribution >= 0.6 is 0 Å². The highest BCUT2D eigenvalue weighted by molar-refractivity contribution is 5.80. The Labute approximate surface area is 159 Å². The van der Waals surface area contributed by atoms with E-state index in [-0.39, 0.29) is 12.4 Å². The molecule has 0 radical (unpaired) electrons. The number of nitrogens with zero attached hydrogens (tertiary/aromatic N) is 4. The standard InChI is InChI=1S/C20H17F2N5O/c1-12-9-23-18(22)8-14(12)13-6-7-19(27-11-25-26-20(13)27)24-10-15-16(21)4-3-5-17(15)28-2/h3-9,11,24H,10H2,1-2H3. The quantitative estimate of drug-likeness (QED) is 0.530. The van der Waals surface area contributed by atoms with Crippen molar-refractivity contribution in [2.75, 3.05) is 12.4 Å². The van der Waals surface area contributed by atoms with Crippen LogP contribution in [0, 0.1) is 18.7 Å². The van der Waals surface area contributed by atoms with E-state index in [1.807, 2.05) is 19.1 Å². The van der Waals surface area contributed by atoms with Gasteiger partial charge in [-0.05, 0) is 42.3 Å². The maximum Gasteiger partial charge on any atom is 0.213 e. The first-order chi connectivity index (χ1) is 13.6. The predicted octanol–water partition coefficient (Wildman–Crippen LogP) is 4.00. The van der Waals surface area contributed by atoms with Crippen LogP contribution in [0.25, 0.3) is 16.8 Å². The van der Waals surface area contributed by atoms with E-state index in [9.17, 15) is 8.78 Å². The molecular formula is C20H17F2N5O. The number of halogens is 2. The molecular weight excluding hydrogens is 364 g/mol. The Kier molecular flexibility index (Phi) is 4.60. The van der Waals surface area contributed by atoms with Crippen LogP contribution in [0.2, 0.25) is 0 Å². The third-order valence-corrected chi connectivity index (χ3v) is 4.56. The van der Waals surface area contributed by atoms with E-state index in [0.29, 0.717) is 28.3 Å². The van der Waals surface area contributed by atoms with Crippen molar-refractivity contribution in [1.29, 1.82) is 0 Å². The second-order valence-corrected chi connectivity index (χ2v) is 6.25. The number of hydrogen-bond acceptors (Lipinski definition) is 5. The van der Waals surface area contributed by atoms with Gasteiger partial charge >= 0.3 is 0 Å². The number of methoxy groups -OCH3 is 1. The van der Waals surface area contributed by atoms with Crippen molar-refractivity contribution in [1.82, 2.24) is 19.6 Å². The van der Waals surface area contributed by atoms with Gasteiger partial charge in [0.1, 0.15) is 23.7 Å². The lowest BCUT2D eigenvalue weighted by atomic mass is 10.0. The molecule has 28 heavy (non-hydrogen) atoms. The summed E-state index contributed by atoms with van der Waals surface area (Å²) in [5, 5.41) is 11.3. The average Bonchev–Trinajstić information content (AvgIpc) is 3.19. The Balaban J connectivity index is 1.72. The Morgan fingerprint density at radius 3 is 2.82 bits per heavy atom. The van der Waals surface area contributed by atoms with Gasteiger partial charge in [0.15, 0.2) is 5.65 Å². The van der Waals surface area contributed by atoms with Gasteiger partial charge in [0.2, 0.25) is 5.95 Å². The van der Waals surface area contributed by atoms with Crippen molar-refractivity contribution in [3.63, 3.8) is 0 Å². The zero-order valence-corrected chi connectivity index (χ0v) is 15.3. The average molecular weight is 381 g/mol. The van der Waals surface area contributed by atoms with E-state index in [2.05, 4.69) is 20.5 Å². The molecule has 142 valence electrons. The monoisotopic (exact) mass is 381 g/mol. The smallest absolute Gasteiger partial charge is 0.213 e. The lowest BCUT2D eigenvalue weighted by Gasteiger charge is -2.14. The molecule has 8 heteroatoms. The van der Waals surface area contributed by atoms with Gasteiger partial charge in [0.25, 0.3) is 0 Å². The minimum Gasteiger partial charge on any atom is -0.496 e. The number of anilines is 1. The fourth-order valence-electron chi connectivity index (χ4n) is 3.14. The molecule has 0 aliphatic heterocycles. The summed E-state index contributed by atoms with van der Waals surface area (Å²) in [6, 6.07) is 9.71. The zero-order chi connectivity index (χ0) is 19.7. The second-order valence-electron chi connectivity index (χ2n) is 6.25. The van der Waals surface area contributed by atoms with Crippen LogP contribution in [0.1, 0.15) is 11.1 Å². The van der Waals surface area contributed by atoms with Crippen molar-refractivity contribution in [2.45, 2.75) is 13.5 Å². The number of fused-ring (bicyclic) bond motifs is 1. The summed E-state index contributed by atoms with van der Waals surface area (Å²) in [6.07, 6.45) is 3.03. The lowest BCUT2D eigenvalue weighted by molar-refractivity contribution is 0.405.